The number of rotatable bonds is 5. The molecular formula is C12H16ClNO3. The molecule has 0 fully saturated rings. The molecule has 0 aliphatic heterocycles. The summed E-state index contributed by atoms with van der Waals surface area (Å²) in [4.78, 5) is 11.2. The van der Waals surface area contributed by atoms with Gasteiger partial charge in [-0.25, -0.2) is 0 Å². The molecule has 4 nitrogen and oxygen atoms in total. The van der Waals surface area contributed by atoms with E-state index in [1.807, 2.05) is 0 Å². The number of Topliss-reactive ketones (excluding diaryl/α,β-unsaturated/α-hetero) is 1. The quantitative estimate of drug-likeness (QED) is 0.694. The summed E-state index contributed by atoms with van der Waals surface area (Å²) in [6, 6.07) is 4.61. The SMILES string of the molecule is CC(=O)c1ccc(C(O)C(O)CCN)cc1Cl. The number of hydrogen-bond donors (Lipinski definition) is 3. The van der Waals surface area contributed by atoms with Crippen molar-refractivity contribution in [2.24, 2.45) is 5.73 Å². The molecule has 0 aliphatic rings. The molecule has 1 rings (SSSR count). The van der Waals surface area contributed by atoms with E-state index in [0.717, 1.165) is 0 Å². The van der Waals surface area contributed by atoms with Gasteiger partial charge >= 0.3 is 0 Å². The second-order valence-corrected chi connectivity index (χ2v) is 4.29. The average molecular weight is 258 g/mol. The van der Waals surface area contributed by atoms with E-state index in [4.69, 9.17) is 17.3 Å². The first-order chi connectivity index (χ1) is 7.97. The average Bonchev–Trinajstić information content (AvgIpc) is 2.27. The molecule has 2 atom stereocenters. The molecule has 1 aromatic rings. The minimum atomic E-state index is -1.04. The molecule has 0 radical (unpaired) electrons. The molecule has 0 saturated heterocycles. The van der Waals surface area contributed by atoms with Gasteiger partial charge in [-0.2, -0.15) is 0 Å². The Morgan fingerprint density at radius 1 is 1.47 bits per heavy atom. The lowest BCUT2D eigenvalue weighted by atomic mass is 10.00. The molecule has 0 aliphatic carbocycles. The van der Waals surface area contributed by atoms with Crippen molar-refractivity contribution in [1.82, 2.24) is 0 Å². The van der Waals surface area contributed by atoms with Crippen LogP contribution in [0.15, 0.2) is 18.2 Å². The van der Waals surface area contributed by atoms with Crippen molar-refractivity contribution in [3.63, 3.8) is 0 Å². The molecule has 94 valence electrons. The predicted octanol–water partition coefficient (Wildman–Crippen LogP) is 1.29. The summed E-state index contributed by atoms with van der Waals surface area (Å²) in [5, 5.41) is 19.7. The smallest absolute Gasteiger partial charge is 0.161 e. The maximum Gasteiger partial charge on any atom is 0.161 e. The molecule has 0 saturated carbocycles. The molecule has 2 unspecified atom stereocenters. The monoisotopic (exact) mass is 257 g/mol. The lowest BCUT2D eigenvalue weighted by molar-refractivity contribution is 0.0150. The van der Waals surface area contributed by atoms with Crippen molar-refractivity contribution in [3.8, 4) is 0 Å². The number of aliphatic hydroxyl groups excluding tert-OH is 2. The van der Waals surface area contributed by atoms with Gasteiger partial charge in [0.05, 0.1) is 11.1 Å². The van der Waals surface area contributed by atoms with Crippen LogP contribution in [-0.4, -0.2) is 28.6 Å². The molecular weight excluding hydrogens is 242 g/mol. The molecule has 0 aromatic heterocycles. The van der Waals surface area contributed by atoms with Crippen LogP contribution < -0.4 is 5.73 Å². The van der Waals surface area contributed by atoms with Crippen LogP contribution in [0.4, 0.5) is 0 Å². The van der Waals surface area contributed by atoms with Gasteiger partial charge in [0.1, 0.15) is 6.10 Å². The molecule has 17 heavy (non-hydrogen) atoms. The number of carbonyl (C=O) groups is 1. The first-order valence-electron chi connectivity index (χ1n) is 5.34. The third kappa shape index (κ3) is 3.51. The number of carbonyl (C=O) groups excluding carboxylic acids is 1. The second-order valence-electron chi connectivity index (χ2n) is 3.89. The predicted molar refractivity (Wildman–Crippen MR) is 66.1 cm³/mol. The molecule has 5 heteroatoms. The van der Waals surface area contributed by atoms with Gasteiger partial charge in [0.15, 0.2) is 5.78 Å². The Labute approximate surface area is 105 Å². The van der Waals surface area contributed by atoms with Crippen LogP contribution in [0.1, 0.15) is 35.4 Å². The van der Waals surface area contributed by atoms with E-state index in [1.54, 1.807) is 12.1 Å². The second kappa shape index (κ2) is 6.12. The Bertz CT molecular complexity index is 409. The summed E-state index contributed by atoms with van der Waals surface area (Å²) in [5.74, 6) is -0.140. The highest BCUT2D eigenvalue weighted by molar-refractivity contribution is 6.33. The van der Waals surface area contributed by atoms with Crippen molar-refractivity contribution >= 4 is 17.4 Å². The van der Waals surface area contributed by atoms with Crippen molar-refractivity contribution in [2.75, 3.05) is 6.54 Å². The van der Waals surface area contributed by atoms with Crippen molar-refractivity contribution < 1.29 is 15.0 Å². The normalized spacial score (nSPS) is 14.4. The van der Waals surface area contributed by atoms with E-state index in [1.165, 1.54) is 13.0 Å². The fourth-order valence-corrected chi connectivity index (χ4v) is 1.87. The van der Waals surface area contributed by atoms with E-state index < -0.39 is 12.2 Å². The third-order valence-corrected chi connectivity index (χ3v) is 2.85. The zero-order valence-corrected chi connectivity index (χ0v) is 10.3. The van der Waals surface area contributed by atoms with Crippen molar-refractivity contribution in [3.05, 3.63) is 34.3 Å². The van der Waals surface area contributed by atoms with Crippen LogP contribution in [0, 0.1) is 0 Å². The number of nitrogens with two attached hydrogens (primary N) is 1. The van der Waals surface area contributed by atoms with E-state index >= 15 is 0 Å². The highest BCUT2D eigenvalue weighted by Crippen LogP contribution is 2.25. The van der Waals surface area contributed by atoms with Gasteiger partial charge in [-0.05, 0) is 37.6 Å². The van der Waals surface area contributed by atoms with Gasteiger partial charge in [-0.1, -0.05) is 17.7 Å². The minimum absolute atomic E-state index is 0.140. The molecule has 0 heterocycles. The van der Waals surface area contributed by atoms with Gasteiger partial charge in [0, 0.05) is 5.56 Å². The van der Waals surface area contributed by atoms with Crippen LogP contribution in [0.3, 0.4) is 0 Å². The maximum absolute atomic E-state index is 11.2. The van der Waals surface area contributed by atoms with Crippen molar-refractivity contribution in [2.45, 2.75) is 25.6 Å². The van der Waals surface area contributed by atoms with Gasteiger partial charge < -0.3 is 15.9 Å². The topological polar surface area (TPSA) is 83.5 Å². The Kier molecular flexibility index (Phi) is 5.08. The van der Waals surface area contributed by atoms with Gasteiger partial charge in [-0.3, -0.25) is 4.79 Å². The summed E-state index contributed by atoms with van der Waals surface area (Å²) < 4.78 is 0. The highest BCUT2D eigenvalue weighted by atomic mass is 35.5. The first-order valence-corrected chi connectivity index (χ1v) is 5.71. The number of benzene rings is 1. The number of aliphatic hydroxyl groups is 2. The third-order valence-electron chi connectivity index (χ3n) is 2.54. The van der Waals surface area contributed by atoms with Crippen LogP contribution in [-0.2, 0) is 0 Å². The summed E-state index contributed by atoms with van der Waals surface area (Å²) in [7, 11) is 0. The van der Waals surface area contributed by atoms with Gasteiger partial charge in [0.2, 0.25) is 0 Å². The Morgan fingerprint density at radius 3 is 2.59 bits per heavy atom. The lowest BCUT2D eigenvalue weighted by Gasteiger charge is -2.18. The Morgan fingerprint density at radius 2 is 2.12 bits per heavy atom. The standard InChI is InChI=1S/C12H16ClNO3/c1-7(15)9-3-2-8(6-10(9)13)12(17)11(16)4-5-14/h2-3,6,11-12,16-17H,4-5,14H2,1H3. The molecule has 1 aromatic carbocycles. The first kappa shape index (κ1) is 14.1. The fourth-order valence-electron chi connectivity index (χ4n) is 1.55. The number of ketones is 1. The van der Waals surface area contributed by atoms with Crippen LogP contribution in [0.5, 0.6) is 0 Å². The molecule has 0 spiro atoms. The van der Waals surface area contributed by atoms with Crippen LogP contribution >= 0.6 is 11.6 Å². The van der Waals surface area contributed by atoms with E-state index in [-0.39, 0.29) is 17.4 Å². The van der Waals surface area contributed by atoms with E-state index in [2.05, 4.69) is 0 Å². The summed E-state index contributed by atoms with van der Waals surface area (Å²) >= 11 is 5.91. The number of halogens is 1. The molecule has 4 N–H and O–H groups in total. The maximum atomic E-state index is 11.2. The summed E-state index contributed by atoms with van der Waals surface area (Å²) in [5.41, 5.74) is 6.17. The van der Waals surface area contributed by atoms with Gasteiger partial charge in [0.25, 0.3) is 0 Å². The van der Waals surface area contributed by atoms with Gasteiger partial charge in [-0.15, -0.1) is 0 Å². The van der Waals surface area contributed by atoms with E-state index in [0.29, 0.717) is 17.5 Å². The Hall–Kier alpha value is -0.940. The summed E-state index contributed by atoms with van der Waals surface area (Å²) in [6.45, 7) is 1.71. The van der Waals surface area contributed by atoms with E-state index in [9.17, 15) is 15.0 Å². The largest absolute Gasteiger partial charge is 0.390 e. The molecule has 0 amide bonds. The minimum Gasteiger partial charge on any atom is -0.390 e. The van der Waals surface area contributed by atoms with Crippen LogP contribution in [0.25, 0.3) is 0 Å². The van der Waals surface area contributed by atoms with Crippen LogP contribution in [0.2, 0.25) is 5.02 Å². The zero-order valence-electron chi connectivity index (χ0n) is 9.56. The highest BCUT2D eigenvalue weighted by Gasteiger charge is 2.18. The summed E-state index contributed by atoms with van der Waals surface area (Å²) in [6.07, 6.45) is -1.68. The Balaban J connectivity index is 2.93. The number of hydrogen-bond acceptors (Lipinski definition) is 4. The lowest BCUT2D eigenvalue weighted by Crippen LogP contribution is -2.21. The fraction of sp³-hybridized carbons (Fsp3) is 0.417. The molecule has 0 bridgehead atoms. The zero-order chi connectivity index (χ0) is 13.0. The van der Waals surface area contributed by atoms with Crippen molar-refractivity contribution in [1.29, 1.82) is 0 Å².